The predicted octanol–water partition coefficient (Wildman–Crippen LogP) is 1.72. The summed E-state index contributed by atoms with van der Waals surface area (Å²) in [6.07, 6.45) is 2.70. The van der Waals surface area contributed by atoms with Crippen molar-refractivity contribution in [2.75, 3.05) is 0 Å². The third-order valence-corrected chi connectivity index (χ3v) is 2.28. The molecule has 2 N–H and O–H groups in total. The van der Waals surface area contributed by atoms with Gasteiger partial charge in [0.15, 0.2) is 0 Å². The van der Waals surface area contributed by atoms with E-state index in [1.165, 1.54) is 18.5 Å². The first kappa shape index (κ1) is 11.1. The summed E-state index contributed by atoms with van der Waals surface area (Å²) in [4.78, 5) is 15.5. The van der Waals surface area contributed by atoms with Gasteiger partial charge in [0.25, 0.3) is 5.91 Å². The van der Waals surface area contributed by atoms with Crippen LogP contribution in [-0.2, 0) is 6.54 Å². The van der Waals surface area contributed by atoms with Crippen LogP contribution in [0.4, 0.5) is 0 Å². The van der Waals surface area contributed by atoms with Crippen LogP contribution in [0.15, 0.2) is 48.8 Å². The van der Waals surface area contributed by atoms with E-state index >= 15 is 0 Å². The monoisotopic (exact) mass is 228 g/mol. The number of aromatic nitrogens is 1. The Hall–Kier alpha value is -2.36. The summed E-state index contributed by atoms with van der Waals surface area (Å²) >= 11 is 0. The average molecular weight is 228 g/mol. The van der Waals surface area contributed by atoms with E-state index < -0.39 is 0 Å². The molecular formula is C13H12N2O2. The highest BCUT2D eigenvalue weighted by Gasteiger charge is 2.05. The highest BCUT2D eigenvalue weighted by molar-refractivity contribution is 5.94. The Kier molecular flexibility index (Phi) is 3.35. The lowest BCUT2D eigenvalue weighted by molar-refractivity contribution is 0.0950. The molecule has 0 aliphatic rings. The average Bonchev–Trinajstić information content (AvgIpc) is 2.37. The van der Waals surface area contributed by atoms with E-state index in [2.05, 4.69) is 10.3 Å². The number of carbonyl (C=O) groups is 1. The van der Waals surface area contributed by atoms with Gasteiger partial charge in [0, 0.05) is 12.7 Å². The van der Waals surface area contributed by atoms with Crippen LogP contribution in [0, 0.1) is 0 Å². The molecular weight excluding hydrogens is 216 g/mol. The topological polar surface area (TPSA) is 62.2 Å². The lowest BCUT2D eigenvalue weighted by Crippen LogP contribution is -2.22. The third-order valence-electron chi connectivity index (χ3n) is 2.28. The van der Waals surface area contributed by atoms with Gasteiger partial charge in [0.05, 0.1) is 11.8 Å². The fourth-order valence-corrected chi connectivity index (χ4v) is 1.43. The van der Waals surface area contributed by atoms with Gasteiger partial charge in [-0.2, -0.15) is 0 Å². The Morgan fingerprint density at radius 3 is 2.71 bits per heavy atom. The number of amides is 1. The predicted molar refractivity (Wildman–Crippen MR) is 63.5 cm³/mol. The highest BCUT2D eigenvalue weighted by atomic mass is 16.3. The van der Waals surface area contributed by atoms with E-state index in [-0.39, 0.29) is 11.7 Å². The van der Waals surface area contributed by atoms with Crippen molar-refractivity contribution in [2.24, 2.45) is 0 Å². The van der Waals surface area contributed by atoms with Crippen molar-refractivity contribution >= 4 is 5.91 Å². The highest BCUT2D eigenvalue weighted by Crippen LogP contribution is 2.08. The first-order chi connectivity index (χ1) is 8.25. The zero-order valence-corrected chi connectivity index (χ0v) is 9.13. The van der Waals surface area contributed by atoms with Gasteiger partial charge in [-0.3, -0.25) is 9.78 Å². The third kappa shape index (κ3) is 3.04. The van der Waals surface area contributed by atoms with Gasteiger partial charge in [0.2, 0.25) is 0 Å². The zero-order chi connectivity index (χ0) is 12.1. The van der Waals surface area contributed by atoms with E-state index in [4.69, 9.17) is 0 Å². The van der Waals surface area contributed by atoms with Crippen LogP contribution in [0.2, 0.25) is 0 Å². The van der Waals surface area contributed by atoms with Crippen LogP contribution in [0.1, 0.15) is 15.9 Å². The molecule has 2 rings (SSSR count). The van der Waals surface area contributed by atoms with E-state index in [1.54, 1.807) is 0 Å². The minimum Gasteiger partial charge on any atom is -0.506 e. The molecule has 0 unspecified atom stereocenters. The number of hydrogen-bond donors (Lipinski definition) is 2. The van der Waals surface area contributed by atoms with Crippen molar-refractivity contribution in [1.29, 1.82) is 0 Å². The Morgan fingerprint density at radius 1 is 1.24 bits per heavy atom. The summed E-state index contributed by atoms with van der Waals surface area (Å²) in [5.74, 6) is -0.269. The molecule has 0 saturated heterocycles. The number of carbonyl (C=O) groups excluding carboxylic acids is 1. The van der Waals surface area contributed by atoms with Crippen molar-refractivity contribution in [2.45, 2.75) is 6.54 Å². The number of rotatable bonds is 3. The summed E-state index contributed by atoms with van der Waals surface area (Å²) in [5.41, 5.74) is 1.37. The number of nitrogens with one attached hydrogen (secondary N) is 1. The maximum Gasteiger partial charge on any atom is 0.253 e. The molecule has 0 aliphatic heterocycles. The van der Waals surface area contributed by atoms with Crippen molar-refractivity contribution in [3.63, 3.8) is 0 Å². The first-order valence-corrected chi connectivity index (χ1v) is 5.22. The van der Waals surface area contributed by atoms with Crippen LogP contribution in [-0.4, -0.2) is 16.0 Å². The lowest BCUT2D eigenvalue weighted by atomic mass is 10.2. The molecule has 0 fully saturated rings. The van der Waals surface area contributed by atoms with Gasteiger partial charge < -0.3 is 10.4 Å². The van der Waals surface area contributed by atoms with Gasteiger partial charge in [-0.25, -0.2) is 0 Å². The largest absolute Gasteiger partial charge is 0.506 e. The number of aromatic hydroxyl groups is 1. The second-order valence-electron chi connectivity index (χ2n) is 3.60. The maximum absolute atomic E-state index is 11.7. The van der Waals surface area contributed by atoms with Gasteiger partial charge in [0.1, 0.15) is 5.75 Å². The van der Waals surface area contributed by atoms with Crippen molar-refractivity contribution in [3.8, 4) is 5.75 Å². The molecule has 0 spiro atoms. The molecule has 0 bridgehead atoms. The Labute approximate surface area is 98.9 Å². The molecule has 0 radical (unpaired) electrons. The Morgan fingerprint density at radius 2 is 2.00 bits per heavy atom. The number of benzene rings is 1. The number of pyridine rings is 1. The molecule has 1 heterocycles. The Balaban J connectivity index is 1.98. The van der Waals surface area contributed by atoms with Gasteiger partial charge >= 0.3 is 0 Å². The van der Waals surface area contributed by atoms with Crippen molar-refractivity contribution in [1.82, 2.24) is 10.3 Å². The molecule has 4 nitrogen and oxygen atoms in total. The quantitative estimate of drug-likeness (QED) is 0.840. The summed E-state index contributed by atoms with van der Waals surface area (Å²) in [6, 6.07) is 11.0. The maximum atomic E-state index is 11.7. The second kappa shape index (κ2) is 5.12. The molecule has 1 aromatic heterocycles. The van der Waals surface area contributed by atoms with E-state index in [0.717, 1.165) is 5.56 Å². The van der Waals surface area contributed by atoms with Crippen LogP contribution in [0.3, 0.4) is 0 Å². The van der Waals surface area contributed by atoms with E-state index in [0.29, 0.717) is 12.1 Å². The standard InChI is InChI=1S/C13H12N2O2/c16-12-6-11(8-14-9-12)13(17)15-7-10-4-2-1-3-5-10/h1-6,8-9,16H,7H2,(H,15,17). The molecule has 1 amide bonds. The summed E-state index contributed by atoms with van der Waals surface area (Å²) in [5, 5.41) is 12.0. The van der Waals surface area contributed by atoms with Crippen molar-refractivity contribution in [3.05, 3.63) is 59.9 Å². The van der Waals surface area contributed by atoms with Gasteiger partial charge in [-0.05, 0) is 11.6 Å². The molecule has 0 aliphatic carbocycles. The molecule has 86 valence electrons. The molecule has 0 atom stereocenters. The first-order valence-electron chi connectivity index (χ1n) is 5.22. The molecule has 1 aromatic carbocycles. The summed E-state index contributed by atoms with van der Waals surface area (Å²) in [6.45, 7) is 0.454. The fraction of sp³-hybridized carbons (Fsp3) is 0.0769. The van der Waals surface area contributed by atoms with Crippen molar-refractivity contribution < 1.29 is 9.90 Å². The molecule has 17 heavy (non-hydrogen) atoms. The summed E-state index contributed by atoms with van der Waals surface area (Å²) < 4.78 is 0. The summed E-state index contributed by atoms with van der Waals surface area (Å²) in [7, 11) is 0. The fourth-order valence-electron chi connectivity index (χ4n) is 1.43. The minimum atomic E-state index is -0.253. The second-order valence-corrected chi connectivity index (χ2v) is 3.60. The minimum absolute atomic E-state index is 0.0163. The number of hydrogen-bond acceptors (Lipinski definition) is 3. The van der Waals surface area contributed by atoms with Crippen LogP contribution in [0.5, 0.6) is 5.75 Å². The van der Waals surface area contributed by atoms with Gasteiger partial charge in [-0.15, -0.1) is 0 Å². The zero-order valence-electron chi connectivity index (χ0n) is 9.13. The normalized spacial score (nSPS) is 9.88. The van der Waals surface area contributed by atoms with E-state index in [9.17, 15) is 9.90 Å². The number of nitrogens with zero attached hydrogens (tertiary/aromatic N) is 1. The van der Waals surface area contributed by atoms with Crippen LogP contribution < -0.4 is 5.32 Å². The van der Waals surface area contributed by atoms with Crippen LogP contribution in [0.25, 0.3) is 0 Å². The molecule has 0 saturated carbocycles. The molecule has 2 aromatic rings. The smallest absolute Gasteiger partial charge is 0.253 e. The Bertz CT molecular complexity index is 512. The SMILES string of the molecule is O=C(NCc1ccccc1)c1cncc(O)c1. The van der Waals surface area contributed by atoms with Gasteiger partial charge in [-0.1, -0.05) is 30.3 Å². The van der Waals surface area contributed by atoms with Crippen LogP contribution >= 0.6 is 0 Å². The van der Waals surface area contributed by atoms with E-state index in [1.807, 2.05) is 30.3 Å². The molecule has 4 heteroatoms. The lowest BCUT2D eigenvalue weighted by Gasteiger charge is -2.05.